The molecule has 2 N–H and O–H groups in total. The second-order valence-electron chi connectivity index (χ2n) is 8.21. The number of carbonyl (C=O) groups excluding carboxylic acids is 2. The Balaban J connectivity index is 1.43. The third-order valence-electron chi connectivity index (χ3n) is 5.94. The minimum Gasteiger partial charge on any atom is -0.493 e. The van der Waals surface area contributed by atoms with Gasteiger partial charge in [0.1, 0.15) is 0 Å². The highest BCUT2D eigenvalue weighted by Gasteiger charge is 2.25. The van der Waals surface area contributed by atoms with Crippen LogP contribution >= 0.6 is 11.6 Å². The molecule has 1 fully saturated rings. The first kappa shape index (κ1) is 25.5. The van der Waals surface area contributed by atoms with Crippen molar-refractivity contribution >= 4 is 29.2 Å². The summed E-state index contributed by atoms with van der Waals surface area (Å²) < 4.78 is 16.0. The number of halogens is 1. The number of hydrogen-bond acceptors (Lipinski definition) is 5. The number of anilines is 1. The van der Waals surface area contributed by atoms with E-state index in [4.69, 9.17) is 25.8 Å². The van der Waals surface area contributed by atoms with Crippen molar-refractivity contribution in [3.05, 3.63) is 47.0 Å². The standard InChI is InChI=1S/C25H32ClN3O5/c1-32-21-15-20(16-22(33-2)24(21)34-3)28-25(31)29-12-9-18(10-13-29)14-23(30)27-11-8-17-4-6-19(26)7-5-17/h4-7,15-16,18H,8-14H2,1-3H3,(H,27,30)(H,28,31). The lowest BCUT2D eigenvalue weighted by Crippen LogP contribution is -2.42. The van der Waals surface area contributed by atoms with Gasteiger partial charge in [0, 0.05) is 43.2 Å². The Morgan fingerprint density at radius 3 is 2.18 bits per heavy atom. The third-order valence-corrected chi connectivity index (χ3v) is 6.19. The summed E-state index contributed by atoms with van der Waals surface area (Å²) in [5, 5.41) is 6.60. The van der Waals surface area contributed by atoms with Crippen LogP contribution in [0.4, 0.5) is 10.5 Å². The molecule has 0 aromatic heterocycles. The molecule has 8 nitrogen and oxygen atoms in total. The van der Waals surface area contributed by atoms with E-state index in [1.165, 1.54) is 21.3 Å². The molecule has 1 aliphatic rings. The van der Waals surface area contributed by atoms with Gasteiger partial charge < -0.3 is 29.7 Å². The van der Waals surface area contributed by atoms with Crippen molar-refractivity contribution < 1.29 is 23.8 Å². The van der Waals surface area contributed by atoms with Gasteiger partial charge in [-0.05, 0) is 42.9 Å². The van der Waals surface area contributed by atoms with Crippen LogP contribution in [0.5, 0.6) is 17.2 Å². The van der Waals surface area contributed by atoms with Crippen LogP contribution in [0.2, 0.25) is 5.02 Å². The van der Waals surface area contributed by atoms with Crippen molar-refractivity contribution in [3.8, 4) is 17.2 Å². The van der Waals surface area contributed by atoms with Crippen LogP contribution in [0.3, 0.4) is 0 Å². The van der Waals surface area contributed by atoms with E-state index >= 15 is 0 Å². The molecule has 1 heterocycles. The molecule has 1 saturated heterocycles. The summed E-state index contributed by atoms with van der Waals surface area (Å²) in [5.74, 6) is 1.72. The van der Waals surface area contributed by atoms with Crippen LogP contribution in [0.25, 0.3) is 0 Å². The van der Waals surface area contributed by atoms with Crippen molar-refractivity contribution in [1.29, 1.82) is 0 Å². The molecular weight excluding hydrogens is 458 g/mol. The number of rotatable bonds is 9. The number of nitrogens with zero attached hydrogens (tertiary/aromatic N) is 1. The topological polar surface area (TPSA) is 89.1 Å². The van der Waals surface area contributed by atoms with E-state index in [-0.39, 0.29) is 17.9 Å². The van der Waals surface area contributed by atoms with Crippen LogP contribution in [-0.4, -0.2) is 57.8 Å². The van der Waals surface area contributed by atoms with Crippen molar-refractivity contribution in [2.45, 2.75) is 25.7 Å². The van der Waals surface area contributed by atoms with Crippen molar-refractivity contribution in [2.75, 3.05) is 46.3 Å². The van der Waals surface area contributed by atoms with E-state index < -0.39 is 0 Å². The number of benzene rings is 2. The minimum absolute atomic E-state index is 0.0503. The Labute approximate surface area is 205 Å². The van der Waals surface area contributed by atoms with Gasteiger partial charge in [0.2, 0.25) is 11.7 Å². The summed E-state index contributed by atoms with van der Waals surface area (Å²) in [5.41, 5.74) is 1.69. The van der Waals surface area contributed by atoms with Crippen molar-refractivity contribution in [3.63, 3.8) is 0 Å². The minimum atomic E-state index is -0.194. The second-order valence-corrected chi connectivity index (χ2v) is 8.64. The van der Waals surface area contributed by atoms with Gasteiger partial charge in [0.25, 0.3) is 0 Å². The number of nitrogens with one attached hydrogen (secondary N) is 2. The van der Waals surface area contributed by atoms with Crippen LogP contribution in [0.1, 0.15) is 24.8 Å². The van der Waals surface area contributed by atoms with E-state index in [1.54, 1.807) is 17.0 Å². The number of hydrogen-bond donors (Lipinski definition) is 2. The lowest BCUT2D eigenvalue weighted by atomic mass is 9.93. The maximum absolute atomic E-state index is 12.8. The second kappa shape index (κ2) is 12.4. The molecule has 0 aliphatic carbocycles. The number of piperidine rings is 1. The monoisotopic (exact) mass is 489 g/mol. The highest BCUT2D eigenvalue weighted by atomic mass is 35.5. The first-order valence-electron chi connectivity index (χ1n) is 11.3. The zero-order valence-corrected chi connectivity index (χ0v) is 20.6. The average Bonchev–Trinajstić information content (AvgIpc) is 2.85. The molecule has 34 heavy (non-hydrogen) atoms. The molecule has 3 rings (SSSR count). The van der Waals surface area contributed by atoms with Crippen molar-refractivity contribution in [1.82, 2.24) is 10.2 Å². The van der Waals surface area contributed by atoms with E-state index in [1.807, 2.05) is 24.3 Å². The number of urea groups is 1. The number of ether oxygens (including phenoxy) is 3. The molecule has 0 bridgehead atoms. The van der Waals surface area contributed by atoms with Gasteiger partial charge in [-0.1, -0.05) is 23.7 Å². The van der Waals surface area contributed by atoms with E-state index in [9.17, 15) is 9.59 Å². The van der Waals surface area contributed by atoms with E-state index in [0.29, 0.717) is 54.0 Å². The number of methoxy groups -OCH3 is 3. The molecule has 1 aliphatic heterocycles. The highest BCUT2D eigenvalue weighted by molar-refractivity contribution is 6.30. The van der Waals surface area contributed by atoms with Gasteiger partial charge >= 0.3 is 6.03 Å². The van der Waals surface area contributed by atoms with Crippen LogP contribution < -0.4 is 24.8 Å². The van der Waals surface area contributed by atoms with Crippen LogP contribution in [0, 0.1) is 5.92 Å². The first-order chi connectivity index (χ1) is 16.4. The van der Waals surface area contributed by atoms with E-state index in [0.717, 1.165) is 24.8 Å². The molecule has 9 heteroatoms. The Kier molecular flexibility index (Phi) is 9.27. The fourth-order valence-corrected chi connectivity index (χ4v) is 4.15. The zero-order valence-electron chi connectivity index (χ0n) is 19.9. The normalized spacial score (nSPS) is 13.8. The summed E-state index contributed by atoms with van der Waals surface area (Å²) in [7, 11) is 4.59. The Morgan fingerprint density at radius 2 is 1.62 bits per heavy atom. The molecule has 0 unspecified atom stereocenters. The number of likely N-dealkylation sites (tertiary alicyclic amines) is 1. The van der Waals surface area contributed by atoms with Gasteiger partial charge in [-0.25, -0.2) is 4.79 Å². The third kappa shape index (κ3) is 6.93. The molecular formula is C25H32ClN3O5. The largest absolute Gasteiger partial charge is 0.493 e. The van der Waals surface area contributed by atoms with Gasteiger partial charge in [-0.3, -0.25) is 4.79 Å². The molecule has 0 atom stereocenters. The first-order valence-corrected chi connectivity index (χ1v) is 11.7. The predicted molar refractivity (Wildman–Crippen MR) is 132 cm³/mol. The Bertz CT molecular complexity index is 950. The Hall–Kier alpha value is -3.13. The highest BCUT2D eigenvalue weighted by Crippen LogP contribution is 2.40. The maximum Gasteiger partial charge on any atom is 0.321 e. The molecule has 0 radical (unpaired) electrons. The quantitative estimate of drug-likeness (QED) is 0.546. The zero-order chi connectivity index (χ0) is 24.5. The average molecular weight is 490 g/mol. The maximum atomic E-state index is 12.8. The molecule has 0 saturated carbocycles. The predicted octanol–water partition coefficient (Wildman–Crippen LogP) is 4.36. The molecule has 3 amide bonds. The fourth-order valence-electron chi connectivity index (χ4n) is 4.03. The van der Waals surface area contributed by atoms with Crippen LogP contribution in [0.15, 0.2) is 36.4 Å². The summed E-state index contributed by atoms with van der Waals surface area (Å²) in [6, 6.07) is 10.8. The Morgan fingerprint density at radius 1 is 1.00 bits per heavy atom. The SMILES string of the molecule is COc1cc(NC(=O)N2CCC(CC(=O)NCCc3ccc(Cl)cc3)CC2)cc(OC)c1OC. The molecule has 184 valence electrons. The van der Waals surface area contributed by atoms with Crippen molar-refractivity contribution in [2.24, 2.45) is 5.92 Å². The van der Waals surface area contributed by atoms with Gasteiger partial charge in [-0.15, -0.1) is 0 Å². The molecule has 0 spiro atoms. The molecule has 2 aromatic rings. The summed E-state index contributed by atoms with van der Waals surface area (Å²) >= 11 is 5.90. The summed E-state index contributed by atoms with van der Waals surface area (Å²) in [6.07, 6.45) is 2.81. The number of amides is 3. The fraction of sp³-hybridized carbons (Fsp3) is 0.440. The lowest BCUT2D eigenvalue weighted by molar-refractivity contribution is -0.122. The van der Waals surface area contributed by atoms with Gasteiger partial charge in [0.05, 0.1) is 27.0 Å². The van der Waals surface area contributed by atoms with Crippen LogP contribution in [-0.2, 0) is 11.2 Å². The van der Waals surface area contributed by atoms with Gasteiger partial charge in [0.15, 0.2) is 11.5 Å². The smallest absolute Gasteiger partial charge is 0.321 e. The molecule has 2 aromatic carbocycles. The van der Waals surface area contributed by atoms with Gasteiger partial charge in [-0.2, -0.15) is 0 Å². The number of carbonyl (C=O) groups is 2. The van der Waals surface area contributed by atoms with E-state index in [2.05, 4.69) is 10.6 Å². The summed E-state index contributed by atoms with van der Waals surface area (Å²) in [4.78, 5) is 26.8. The summed E-state index contributed by atoms with van der Waals surface area (Å²) in [6.45, 7) is 1.79. The lowest BCUT2D eigenvalue weighted by Gasteiger charge is -2.31.